The quantitative estimate of drug-likeness (QED) is 0.181. The first-order chi connectivity index (χ1) is 21.1. The van der Waals surface area contributed by atoms with Gasteiger partial charge in [-0.15, -0.1) is 0 Å². The fourth-order valence-corrected chi connectivity index (χ4v) is 5.74. The molecule has 0 atom stereocenters. The highest BCUT2D eigenvalue weighted by Crippen LogP contribution is 2.27. The van der Waals surface area contributed by atoms with Gasteiger partial charge in [0.1, 0.15) is 5.75 Å². The van der Waals surface area contributed by atoms with Gasteiger partial charge < -0.3 is 24.7 Å². The van der Waals surface area contributed by atoms with Crippen molar-refractivity contribution >= 4 is 35.1 Å². The molecule has 2 fully saturated rings. The van der Waals surface area contributed by atoms with E-state index in [0.717, 1.165) is 87.1 Å². The lowest BCUT2D eigenvalue weighted by Gasteiger charge is -2.36. The molecule has 0 bridgehead atoms. The molecule has 230 valence electrons. The molecular weight excluding hydrogens is 544 g/mol. The zero-order chi connectivity index (χ0) is 30.3. The normalized spacial score (nSPS) is 16.4. The maximum Gasteiger partial charge on any atom is 0.328 e. The van der Waals surface area contributed by atoms with Crippen LogP contribution in [0.25, 0.3) is 17.0 Å². The van der Waals surface area contributed by atoms with Crippen molar-refractivity contribution in [1.29, 1.82) is 0 Å². The van der Waals surface area contributed by atoms with Crippen LogP contribution < -0.4 is 9.64 Å². The van der Waals surface area contributed by atoms with E-state index in [0.29, 0.717) is 5.69 Å². The van der Waals surface area contributed by atoms with E-state index in [-0.39, 0.29) is 6.47 Å². The van der Waals surface area contributed by atoms with E-state index in [1.54, 1.807) is 6.08 Å². The van der Waals surface area contributed by atoms with Crippen molar-refractivity contribution in [1.82, 2.24) is 14.8 Å². The van der Waals surface area contributed by atoms with Gasteiger partial charge in [-0.2, -0.15) is 0 Å². The van der Waals surface area contributed by atoms with Gasteiger partial charge in [0.15, 0.2) is 0 Å². The third kappa shape index (κ3) is 10.4. The molecule has 2 saturated heterocycles. The summed E-state index contributed by atoms with van der Waals surface area (Å²) in [4.78, 5) is 31.5. The number of carboxylic acids is 1. The van der Waals surface area contributed by atoms with Crippen molar-refractivity contribution in [3.63, 3.8) is 0 Å². The van der Waals surface area contributed by atoms with E-state index >= 15 is 0 Å². The van der Waals surface area contributed by atoms with Crippen molar-refractivity contribution in [2.24, 2.45) is 0 Å². The molecule has 9 nitrogen and oxygen atoms in total. The number of nitrogens with zero attached hydrogens (tertiary/aromatic N) is 4. The summed E-state index contributed by atoms with van der Waals surface area (Å²) in [7, 11) is 0. The lowest BCUT2D eigenvalue weighted by molar-refractivity contribution is -0.131. The summed E-state index contributed by atoms with van der Waals surface area (Å²) in [5.74, 6) is 0.00275. The van der Waals surface area contributed by atoms with Gasteiger partial charge in [-0.3, -0.25) is 9.69 Å². The van der Waals surface area contributed by atoms with E-state index in [9.17, 15) is 4.79 Å². The molecule has 0 radical (unpaired) electrons. The molecule has 0 amide bonds. The van der Waals surface area contributed by atoms with Crippen LogP contribution in [-0.2, 0) is 16.0 Å². The first kappa shape index (κ1) is 32.0. The number of likely N-dealkylation sites (tertiary alicyclic amines) is 1. The van der Waals surface area contributed by atoms with Gasteiger partial charge in [0.2, 0.25) is 0 Å². The first-order valence-electron chi connectivity index (χ1n) is 15.4. The number of aromatic nitrogens is 1. The number of fused-ring (bicyclic) bond motifs is 1. The maximum atomic E-state index is 10.9. The SMILES string of the molecule is O=C(O)/C=C/c1ccc2cccc(N3CCN(CCc4ccc(OCCCN5CCCCCC5)cc4)CC3)c2n1.O=CO. The molecule has 2 aromatic carbocycles. The molecule has 3 aromatic rings. The number of aliphatic carboxylic acids is 1. The number of rotatable bonds is 11. The lowest BCUT2D eigenvalue weighted by atomic mass is 10.1. The Morgan fingerprint density at radius 3 is 2.26 bits per heavy atom. The van der Waals surface area contributed by atoms with Crippen LogP contribution >= 0.6 is 0 Å². The molecule has 2 aliphatic heterocycles. The van der Waals surface area contributed by atoms with Crippen LogP contribution in [0, 0.1) is 0 Å². The summed E-state index contributed by atoms with van der Waals surface area (Å²) in [6.45, 7) is 9.13. The Bertz CT molecular complexity index is 1310. The second-order valence-electron chi connectivity index (χ2n) is 11.0. The van der Waals surface area contributed by atoms with Crippen molar-refractivity contribution in [2.45, 2.75) is 38.5 Å². The van der Waals surface area contributed by atoms with Crippen molar-refractivity contribution in [3.05, 3.63) is 71.9 Å². The fraction of sp³-hybridized carbons (Fsp3) is 0.441. The highest BCUT2D eigenvalue weighted by molar-refractivity contribution is 5.92. The first-order valence-corrected chi connectivity index (χ1v) is 15.4. The van der Waals surface area contributed by atoms with Gasteiger partial charge in [-0.1, -0.05) is 43.2 Å². The van der Waals surface area contributed by atoms with E-state index in [4.69, 9.17) is 24.7 Å². The Balaban J connectivity index is 0.00000135. The van der Waals surface area contributed by atoms with E-state index in [1.807, 2.05) is 12.1 Å². The predicted molar refractivity (Wildman–Crippen MR) is 171 cm³/mol. The number of piperazine rings is 1. The monoisotopic (exact) mass is 588 g/mol. The summed E-state index contributed by atoms with van der Waals surface area (Å²) in [6, 6.07) is 18.8. The van der Waals surface area contributed by atoms with Crippen LogP contribution in [-0.4, -0.2) is 96.4 Å². The number of hydrogen-bond acceptors (Lipinski definition) is 7. The van der Waals surface area contributed by atoms with Crippen LogP contribution in [0.1, 0.15) is 43.4 Å². The molecule has 3 heterocycles. The zero-order valence-corrected chi connectivity index (χ0v) is 24.9. The Hall–Kier alpha value is -3.95. The standard InChI is InChI=1S/C33H42N4O3.CH2O2/c38-32(39)16-13-29-12-11-28-7-5-8-31(33(28)34-29)37-24-22-36(23-25-37)21-17-27-9-14-30(15-10-27)40-26-6-20-35-18-3-1-2-4-19-35;2-1-3/h5,7-16H,1-4,6,17-26H2,(H,38,39);1H,(H,2,3)/b16-13+;. The predicted octanol–water partition coefficient (Wildman–Crippen LogP) is 5.04. The number of para-hydroxylation sites is 1. The molecule has 0 saturated carbocycles. The zero-order valence-electron chi connectivity index (χ0n) is 24.9. The number of anilines is 1. The van der Waals surface area contributed by atoms with Crippen LogP contribution in [0.3, 0.4) is 0 Å². The average Bonchev–Trinajstić information content (AvgIpc) is 3.31. The molecule has 2 N–H and O–H groups in total. The van der Waals surface area contributed by atoms with E-state index < -0.39 is 5.97 Å². The molecule has 0 spiro atoms. The Morgan fingerprint density at radius 2 is 1.56 bits per heavy atom. The number of hydrogen-bond donors (Lipinski definition) is 2. The number of ether oxygens (including phenoxy) is 1. The molecule has 43 heavy (non-hydrogen) atoms. The second-order valence-corrected chi connectivity index (χ2v) is 11.0. The van der Waals surface area contributed by atoms with Gasteiger partial charge in [0.05, 0.1) is 23.5 Å². The topological polar surface area (TPSA) is 106 Å². The summed E-state index contributed by atoms with van der Waals surface area (Å²) in [6.07, 6.45) is 10.3. The molecule has 0 aliphatic carbocycles. The fourth-order valence-electron chi connectivity index (χ4n) is 5.74. The Morgan fingerprint density at radius 1 is 0.860 bits per heavy atom. The lowest BCUT2D eigenvalue weighted by Crippen LogP contribution is -2.47. The summed E-state index contributed by atoms with van der Waals surface area (Å²) >= 11 is 0. The van der Waals surface area contributed by atoms with Crippen LogP contribution in [0.2, 0.25) is 0 Å². The second kappa shape index (κ2) is 17.2. The minimum absolute atomic E-state index is 0.250. The van der Waals surface area contributed by atoms with Gasteiger partial charge in [0.25, 0.3) is 6.47 Å². The third-order valence-electron chi connectivity index (χ3n) is 8.06. The molecule has 9 heteroatoms. The minimum atomic E-state index is -0.968. The van der Waals surface area contributed by atoms with Crippen molar-refractivity contribution < 1.29 is 24.5 Å². The van der Waals surface area contributed by atoms with Crippen LogP contribution in [0.4, 0.5) is 5.69 Å². The average molecular weight is 589 g/mol. The van der Waals surface area contributed by atoms with Gasteiger partial charge >= 0.3 is 5.97 Å². The number of benzene rings is 2. The summed E-state index contributed by atoms with van der Waals surface area (Å²) in [5.41, 5.74) is 4.04. The van der Waals surface area contributed by atoms with Crippen molar-refractivity contribution in [2.75, 3.05) is 63.9 Å². The molecular formula is C34H44N4O5. The van der Waals surface area contributed by atoms with Gasteiger partial charge in [-0.05, 0) is 74.7 Å². The minimum Gasteiger partial charge on any atom is -0.494 e. The molecule has 5 rings (SSSR count). The number of carbonyl (C=O) groups is 2. The smallest absolute Gasteiger partial charge is 0.328 e. The summed E-state index contributed by atoms with van der Waals surface area (Å²) < 4.78 is 6.02. The third-order valence-corrected chi connectivity index (χ3v) is 8.06. The number of carboxylic acid groups (broad SMARTS) is 2. The largest absolute Gasteiger partial charge is 0.494 e. The molecule has 0 unspecified atom stereocenters. The van der Waals surface area contributed by atoms with Crippen LogP contribution in [0.5, 0.6) is 5.75 Å². The van der Waals surface area contributed by atoms with Crippen molar-refractivity contribution in [3.8, 4) is 5.75 Å². The Labute approximate surface area is 254 Å². The highest BCUT2D eigenvalue weighted by atomic mass is 16.5. The van der Waals surface area contributed by atoms with E-state index in [2.05, 4.69) is 57.2 Å². The maximum absolute atomic E-state index is 10.9. The Kier molecular flexibility index (Phi) is 12.8. The van der Waals surface area contributed by atoms with Gasteiger partial charge in [-0.25, -0.2) is 9.78 Å². The van der Waals surface area contributed by atoms with Crippen LogP contribution in [0.15, 0.2) is 60.7 Å². The summed E-state index contributed by atoms with van der Waals surface area (Å²) in [5, 5.41) is 16.9. The van der Waals surface area contributed by atoms with E-state index in [1.165, 1.54) is 44.3 Å². The molecule has 1 aromatic heterocycles. The van der Waals surface area contributed by atoms with Gasteiger partial charge in [0, 0.05) is 50.7 Å². The molecule has 2 aliphatic rings. The highest BCUT2D eigenvalue weighted by Gasteiger charge is 2.19. The number of pyridine rings is 1.